The molecule has 0 fully saturated rings. The summed E-state index contributed by atoms with van der Waals surface area (Å²) in [5.41, 5.74) is -0.266. The molecule has 0 saturated carbocycles. The Labute approximate surface area is 128 Å². The predicted molar refractivity (Wildman–Crippen MR) is 78.2 cm³/mol. The minimum absolute atomic E-state index is 0.147. The van der Waals surface area contributed by atoms with Crippen LogP contribution < -0.4 is 14.2 Å². The lowest BCUT2D eigenvalue weighted by Crippen LogP contribution is -1.99. The molecule has 110 valence electrons. The number of hydrogen-bond acceptors (Lipinski definition) is 6. The minimum atomic E-state index is -0.574. The van der Waals surface area contributed by atoms with Gasteiger partial charge in [-0.25, -0.2) is 4.98 Å². The SMILES string of the molecule is COc1cccc(OC)c1Oc1ncc(Br)cc1[N+](=O)[O-]. The zero-order valence-corrected chi connectivity index (χ0v) is 12.8. The molecular weight excluding hydrogens is 344 g/mol. The largest absolute Gasteiger partial charge is 0.493 e. The lowest BCUT2D eigenvalue weighted by atomic mass is 10.3. The Balaban J connectivity index is 2.50. The average Bonchev–Trinajstić information content (AvgIpc) is 2.48. The number of methoxy groups -OCH3 is 2. The van der Waals surface area contributed by atoms with E-state index in [-0.39, 0.29) is 17.3 Å². The maximum atomic E-state index is 11.1. The first-order valence-corrected chi connectivity index (χ1v) is 6.55. The van der Waals surface area contributed by atoms with Crippen molar-refractivity contribution in [2.75, 3.05) is 14.2 Å². The molecule has 0 N–H and O–H groups in total. The normalized spacial score (nSPS) is 10.0. The van der Waals surface area contributed by atoms with E-state index >= 15 is 0 Å². The quantitative estimate of drug-likeness (QED) is 0.602. The molecule has 0 spiro atoms. The maximum Gasteiger partial charge on any atom is 0.332 e. The molecule has 1 heterocycles. The number of pyridine rings is 1. The van der Waals surface area contributed by atoms with Gasteiger partial charge >= 0.3 is 5.69 Å². The summed E-state index contributed by atoms with van der Waals surface area (Å²) in [6, 6.07) is 6.34. The van der Waals surface area contributed by atoms with E-state index < -0.39 is 4.92 Å². The highest BCUT2D eigenvalue weighted by Crippen LogP contribution is 2.41. The first-order chi connectivity index (χ1) is 10.1. The molecule has 8 heteroatoms. The van der Waals surface area contributed by atoms with Crippen molar-refractivity contribution < 1.29 is 19.1 Å². The van der Waals surface area contributed by atoms with Crippen molar-refractivity contribution >= 4 is 21.6 Å². The summed E-state index contributed by atoms with van der Waals surface area (Å²) in [5, 5.41) is 11.1. The molecule has 1 aromatic heterocycles. The molecule has 0 aliphatic heterocycles. The topological polar surface area (TPSA) is 83.7 Å². The van der Waals surface area contributed by atoms with E-state index in [4.69, 9.17) is 14.2 Å². The van der Waals surface area contributed by atoms with E-state index in [1.807, 2.05) is 0 Å². The van der Waals surface area contributed by atoms with Crippen molar-refractivity contribution in [3.63, 3.8) is 0 Å². The van der Waals surface area contributed by atoms with Crippen LogP contribution in [-0.2, 0) is 0 Å². The van der Waals surface area contributed by atoms with Crippen LogP contribution in [0.4, 0.5) is 5.69 Å². The van der Waals surface area contributed by atoms with Crippen LogP contribution in [0.15, 0.2) is 34.9 Å². The van der Waals surface area contributed by atoms with Crippen LogP contribution in [0.1, 0.15) is 0 Å². The molecule has 0 aliphatic rings. The molecular formula is C13H11BrN2O5. The van der Waals surface area contributed by atoms with E-state index in [9.17, 15) is 10.1 Å². The number of para-hydroxylation sites is 1. The van der Waals surface area contributed by atoms with Crippen molar-refractivity contribution in [3.05, 3.63) is 45.0 Å². The van der Waals surface area contributed by atoms with Gasteiger partial charge < -0.3 is 14.2 Å². The van der Waals surface area contributed by atoms with E-state index in [1.54, 1.807) is 18.2 Å². The first kappa shape index (κ1) is 15.0. The molecule has 7 nitrogen and oxygen atoms in total. The fraction of sp³-hybridized carbons (Fsp3) is 0.154. The summed E-state index contributed by atoms with van der Waals surface area (Å²) in [7, 11) is 2.93. The zero-order valence-electron chi connectivity index (χ0n) is 11.2. The summed E-state index contributed by atoms with van der Waals surface area (Å²) in [5.74, 6) is 0.841. The minimum Gasteiger partial charge on any atom is -0.493 e. The summed E-state index contributed by atoms with van der Waals surface area (Å²) >= 11 is 3.13. The Bertz CT molecular complexity index is 655. The zero-order chi connectivity index (χ0) is 15.4. The standard InChI is InChI=1S/C13H11BrN2O5/c1-19-10-4-3-5-11(20-2)12(10)21-13-9(16(17)18)6-8(14)7-15-13/h3-7H,1-2H3. The third kappa shape index (κ3) is 3.22. The van der Waals surface area contributed by atoms with Crippen molar-refractivity contribution in [2.45, 2.75) is 0 Å². The number of benzene rings is 1. The Hall–Kier alpha value is -2.35. The Morgan fingerprint density at radius 1 is 1.24 bits per heavy atom. The van der Waals surface area contributed by atoms with Gasteiger partial charge in [0.05, 0.1) is 19.1 Å². The third-order valence-corrected chi connectivity index (χ3v) is 3.01. The molecule has 0 atom stereocenters. The van der Waals surface area contributed by atoms with Crippen LogP contribution in [0, 0.1) is 10.1 Å². The monoisotopic (exact) mass is 354 g/mol. The van der Waals surface area contributed by atoms with Crippen molar-refractivity contribution in [1.29, 1.82) is 0 Å². The molecule has 2 rings (SSSR count). The van der Waals surface area contributed by atoms with Gasteiger partial charge in [0, 0.05) is 16.7 Å². The summed E-state index contributed by atoms with van der Waals surface area (Å²) in [6.45, 7) is 0. The number of nitro groups is 1. The first-order valence-electron chi connectivity index (χ1n) is 5.75. The smallest absolute Gasteiger partial charge is 0.332 e. The molecule has 0 unspecified atom stereocenters. The highest BCUT2D eigenvalue weighted by atomic mass is 79.9. The Kier molecular flexibility index (Phi) is 4.59. The van der Waals surface area contributed by atoms with Gasteiger partial charge in [0.1, 0.15) is 0 Å². The summed E-state index contributed by atoms with van der Waals surface area (Å²) in [6.07, 6.45) is 1.41. The summed E-state index contributed by atoms with van der Waals surface area (Å²) in [4.78, 5) is 14.4. The molecule has 1 aromatic carbocycles. The van der Waals surface area contributed by atoms with Gasteiger partial charge in [-0.05, 0) is 28.1 Å². The second kappa shape index (κ2) is 6.40. The Morgan fingerprint density at radius 3 is 2.38 bits per heavy atom. The molecule has 0 bridgehead atoms. The van der Waals surface area contributed by atoms with Gasteiger partial charge in [0.15, 0.2) is 11.5 Å². The van der Waals surface area contributed by atoms with Crippen LogP contribution in [0.5, 0.6) is 23.1 Å². The number of halogens is 1. The summed E-state index contributed by atoms with van der Waals surface area (Å²) < 4.78 is 16.4. The van der Waals surface area contributed by atoms with Gasteiger partial charge in [0.2, 0.25) is 5.75 Å². The van der Waals surface area contributed by atoms with E-state index in [2.05, 4.69) is 20.9 Å². The fourth-order valence-corrected chi connectivity index (χ4v) is 1.96. The number of hydrogen-bond donors (Lipinski definition) is 0. The van der Waals surface area contributed by atoms with E-state index in [0.717, 1.165) is 0 Å². The lowest BCUT2D eigenvalue weighted by molar-refractivity contribution is -0.386. The molecule has 2 aromatic rings. The van der Waals surface area contributed by atoms with Gasteiger partial charge in [-0.2, -0.15) is 0 Å². The van der Waals surface area contributed by atoms with Crippen LogP contribution >= 0.6 is 15.9 Å². The number of ether oxygens (including phenoxy) is 3. The number of aromatic nitrogens is 1. The Morgan fingerprint density at radius 2 is 1.86 bits per heavy atom. The average molecular weight is 355 g/mol. The van der Waals surface area contributed by atoms with E-state index in [0.29, 0.717) is 16.0 Å². The fourth-order valence-electron chi connectivity index (χ4n) is 1.64. The number of nitrogens with zero attached hydrogens (tertiary/aromatic N) is 2. The van der Waals surface area contributed by atoms with Crippen LogP contribution in [0.3, 0.4) is 0 Å². The van der Waals surface area contributed by atoms with Gasteiger partial charge in [0.25, 0.3) is 5.88 Å². The highest BCUT2D eigenvalue weighted by molar-refractivity contribution is 9.10. The maximum absolute atomic E-state index is 11.1. The molecule has 21 heavy (non-hydrogen) atoms. The molecule has 0 radical (unpaired) electrons. The van der Waals surface area contributed by atoms with Gasteiger partial charge in [-0.15, -0.1) is 0 Å². The highest BCUT2D eigenvalue weighted by Gasteiger charge is 2.21. The molecule has 0 aliphatic carbocycles. The van der Waals surface area contributed by atoms with Crippen LogP contribution in [0.2, 0.25) is 0 Å². The van der Waals surface area contributed by atoms with Crippen LogP contribution in [0.25, 0.3) is 0 Å². The third-order valence-electron chi connectivity index (χ3n) is 2.58. The lowest BCUT2D eigenvalue weighted by Gasteiger charge is -2.13. The van der Waals surface area contributed by atoms with Gasteiger partial charge in [-0.1, -0.05) is 6.07 Å². The van der Waals surface area contributed by atoms with Gasteiger partial charge in [-0.3, -0.25) is 10.1 Å². The molecule has 0 amide bonds. The van der Waals surface area contributed by atoms with Crippen molar-refractivity contribution in [3.8, 4) is 23.1 Å². The number of rotatable bonds is 5. The van der Waals surface area contributed by atoms with Crippen molar-refractivity contribution in [1.82, 2.24) is 4.98 Å². The predicted octanol–water partition coefficient (Wildman–Crippen LogP) is 3.56. The second-order valence-corrected chi connectivity index (χ2v) is 4.74. The molecule has 0 saturated heterocycles. The van der Waals surface area contributed by atoms with Crippen LogP contribution in [-0.4, -0.2) is 24.1 Å². The second-order valence-electron chi connectivity index (χ2n) is 3.83. The van der Waals surface area contributed by atoms with E-state index in [1.165, 1.54) is 26.5 Å². The van der Waals surface area contributed by atoms with Crippen molar-refractivity contribution in [2.24, 2.45) is 0 Å².